The topological polar surface area (TPSA) is 63.2 Å². The highest BCUT2D eigenvalue weighted by molar-refractivity contribution is 7.96. The molecule has 0 spiro atoms. The van der Waals surface area contributed by atoms with Crippen LogP contribution in [0.2, 0.25) is 0 Å². The zero-order valence-electron chi connectivity index (χ0n) is 11.9. The molecule has 0 aliphatic heterocycles. The van der Waals surface area contributed by atoms with Crippen molar-refractivity contribution in [2.45, 2.75) is 12.6 Å². The van der Waals surface area contributed by atoms with Crippen molar-refractivity contribution in [3.8, 4) is 0 Å². The van der Waals surface area contributed by atoms with Gasteiger partial charge in [0.25, 0.3) is 0 Å². The molecule has 4 nitrogen and oxygen atoms in total. The van der Waals surface area contributed by atoms with E-state index in [2.05, 4.69) is 4.49 Å². The first-order valence-electron chi connectivity index (χ1n) is 6.52. The van der Waals surface area contributed by atoms with Gasteiger partial charge in [-0.15, -0.1) is 0 Å². The minimum Gasteiger partial charge on any atom is -0.300 e. The van der Waals surface area contributed by atoms with Crippen LogP contribution in [0.1, 0.15) is 18.1 Å². The first kappa shape index (κ1) is 16.0. The molecule has 0 aliphatic rings. The van der Waals surface area contributed by atoms with Gasteiger partial charge in [0.05, 0.1) is 11.9 Å². The van der Waals surface area contributed by atoms with Crippen molar-refractivity contribution in [1.82, 2.24) is 4.49 Å². The van der Waals surface area contributed by atoms with E-state index >= 15 is 0 Å². The minimum absolute atomic E-state index is 0.448. The molecule has 2 unspecified atom stereocenters. The minimum atomic E-state index is -3.60. The van der Waals surface area contributed by atoms with Gasteiger partial charge < -0.3 is 4.57 Å². The van der Waals surface area contributed by atoms with Gasteiger partial charge in [0.1, 0.15) is 0 Å². The molecule has 2 aromatic rings. The highest BCUT2D eigenvalue weighted by Crippen LogP contribution is 2.54. The number of nitrogens with one attached hydrogen (secondary N) is 1. The summed E-state index contributed by atoms with van der Waals surface area (Å²) < 4.78 is 39.2. The molecule has 2 rings (SSSR count). The molecule has 2 aromatic carbocycles. The third kappa shape index (κ3) is 3.82. The lowest BCUT2D eigenvalue weighted by molar-refractivity contribution is 0.566. The number of rotatable bonds is 5. The van der Waals surface area contributed by atoms with Gasteiger partial charge in [-0.3, -0.25) is 0 Å². The summed E-state index contributed by atoms with van der Waals surface area (Å²) >= 11 is 0. The molecule has 0 radical (unpaired) electrons. The Morgan fingerprint density at radius 2 is 1.43 bits per heavy atom. The fraction of sp³-hybridized carbons (Fsp3) is 0.200. The zero-order chi connectivity index (χ0) is 15.5. The molecular formula is C15H18NO3PS. The van der Waals surface area contributed by atoms with Crippen molar-refractivity contribution in [1.29, 1.82) is 0 Å². The van der Waals surface area contributed by atoms with Crippen LogP contribution in [-0.4, -0.2) is 14.7 Å². The van der Waals surface area contributed by atoms with Crippen molar-refractivity contribution >= 4 is 22.6 Å². The molecule has 1 N–H and O–H groups in total. The molecule has 0 heterocycles. The van der Waals surface area contributed by atoms with Crippen molar-refractivity contribution in [3.05, 3.63) is 66.2 Å². The van der Waals surface area contributed by atoms with Crippen LogP contribution in [0.3, 0.4) is 0 Å². The Labute approximate surface area is 125 Å². The Bertz CT molecular complexity index is 745. The van der Waals surface area contributed by atoms with E-state index in [0.717, 1.165) is 11.8 Å². The Kier molecular flexibility index (Phi) is 4.67. The van der Waals surface area contributed by atoms with Crippen LogP contribution < -0.4 is 9.80 Å². The van der Waals surface area contributed by atoms with E-state index in [1.54, 1.807) is 31.2 Å². The number of hydrogen-bond acceptors (Lipinski definition) is 3. The monoisotopic (exact) mass is 323 g/mol. The van der Waals surface area contributed by atoms with Gasteiger partial charge in [0.2, 0.25) is 10.0 Å². The van der Waals surface area contributed by atoms with Gasteiger partial charge in [-0.25, -0.2) is 8.42 Å². The lowest BCUT2D eigenvalue weighted by Crippen LogP contribution is -2.27. The maximum absolute atomic E-state index is 13.4. The third-order valence-electron chi connectivity index (χ3n) is 3.27. The molecule has 0 aromatic heterocycles. The second kappa shape index (κ2) is 6.14. The Morgan fingerprint density at radius 3 is 1.90 bits per heavy atom. The SMILES string of the molecule is CC(c1ccccc1)P(=O)(NS(C)(=O)=O)c1ccccc1. The summed E-state index contributed by atoms with van der Waals surface area (Å²) in [5.41, 5.74) is 0.386. The van der Waals surface area contributed by atoms with Gasteiger partial charge in [-0.05, 0) is 12.5 Å². The molecule has 0 amide bonds. The standard InChI is InChI=1S/C15H18NO3PS/c1-13(14-9-5-3-6-10-14)20(17,16-21(2,18)19)15-11-7-4-8-12-15/h3-13H,1-2H3,(H,16,17). The second-order valence-corrected chi connectivity index (χ2v) is 9.83. The van der Waals surface area contributed by atoms with Gasteiger partial charge in [-0.2, -0.15) is 4.49 Å². The summed E-state index contributed by atoms with van der Waals surface area (Å²) in [5, 5.41) is 0.506. The molecule has 0 saturated carbocycles. The molecule has 21 heavy (non-hydrogen) atoms. The normalized spacial score (nSPS) is 16.1. The quantitative estimate of drug-likeness (QED) is 0.861. The third-order valence-corrected chi connectivity index (χ3v) is 8.13. The molecule has 112 valence electrons. The van der Waals surface area contributed by atoms with Crippen LogP contribution >= 0.6 is 7.29 Å². The van der Waals surface area contributed by atoms with Crippen LogP contribution in [0.5, 0.6) is 0 Å². The van der Waals surface area contributed by atoms with Gasteiger partial charge in [0, 0.05) is 5.30 Å². The van der Waals surface area contributed by atoms with Crippen LogP contribution in [0.4, 0.5) is 0 Å². The lowest BCUT2D eigenvalue weighted by Gasteiger charge is -2.25. The number of sulfonamides is 1. The summed E-state index contributed by atoms with van der Waals surface area (Å²) in [6.45, 7) is 1.78. The van der Waals surface area contributed by atoms with E-state index in [1.807, 2.05) is 36.4 Å². The van der Waals surface area contributed by atoms with Gasteiger partial charge in [0.15, 0.2) is 7.29 Å². The Morgan fingerprint density at radius 1 is 0.952 bits per heavy atom. The Balaban J connectivity index is 2.54. The number of benzene rings is 2. The largest absolute Gasteiger partial charge is 0.300 e. The van der Waals surface area contributed by atoms with Gasteiger partial charge >= 0.3 is 0 Å². The number of hydrogen-bond donors (Lipinski definition) is 1. The highest BCUT2D eigenvalue weighted by Gasteiger charge is 2.35. The Hall–Kier alpha value is -1.42. The van der Waals surface area contributed by atoms with Crippen molar-refractivity contribution in [2.75, 3.05) is 6.26 Å². The van der Waals surface area contributed by atoms with Crippen molar-refractivity contribution < 1.29 is 13.0 Å². The van der Waals surface area contributed by atoms with E-state index in [1.165, 1.54) is 0 Å². The molecule has 6 heteroatoms. The van der Waals surface area contributed by atoms with E-state index in [-0.39, 0.29) is 0 Å². The van der Waals surface area contributed by atoms with Gasteiger partial charge in [-0.1, -0.05) is 60.7 Å². The molecule has 0 saturated heterocycles. The smallest absolute Gasteiger partial charge is 0.214 e. The maximum atomic E-state index is 13.4. The van der Waals surface area contributed by atoms with E-state index in [4.69, 9.17) is 0 Å². The van der Waals surface area contributed by atoms with Crippen molar-refractivity contribution in [2.24, 2.45) is 0 Å². The molecule has 0 fully saturated rings. The summed E-state index contributed by atoms with van der Waals surface area (Å²) in [4.78, 5) is 0. The van der Waals surface area contributed by atoms with Crippen molar-refractivity contribution in [3.63, 3.8) is 0 Å². The average Bonchev–Trinajstić information content (AvgIpc) is 2.46. The fourth-order valence-electron chi connectivity index (χ4n) is 2.19. The van der Waals surface area contributed by atoms with E-state index in [0.29, 0.717) is 5.30 Å². The van der Waals surface area contributed by atoms with E-state index < -0.39 is 23.0 Å². The first-order chi connectivity index (χ1) is 9.83. The second-order valence-electron chi connectivity index (χ2n) is 4.94. The molecule has 2 atom stereocenters. The van der Waals surface area contributed by atoms with E-state index in [9.17, 15) is 13.0 Å². The highest BCUT2D eigenvalue weighted by atomic mass is 32.2. The summed E-state index contributed by atoms with van der Waals surface area (Å²) in [6.07, 6.45) is 1.03. The molecule has 0 aliphatic carbocycles. The lowest BCUT2D eigenvalue weighted by atomic mass is 10.2. The first-order valence-corrected chi connectivity index (χ1v) is 10.2. The fourth-order valence-corrected chi connectivity index (χ4v) is 6.87. The molecular weight excluding hydrogens is 305 g/mol. The average molecular weight is 323 g/mol. The van der Waals surface area contributed by atoms with Crippen LogP contribution in [0, 0.1) is 0 Å². The molecule has 0 bridgehead atoms. The predicted octanol–water partition coefficient (Wildman–Crippen LogP) is 2.90. The summed E-state index contributed by atoms with van der Waals surface area (Å²) in [6, 6.07) is 18.0. The van der Waals surface area contributed by atoms with Crippen LogP contribution in [0.15, 0.2) is 60.7 Å². The zero-order valence-corrected chi connectivity index (χ0v) is 13.6. The summed E-state index contributed by atoms with van der Waals surface area (Å²) in [5.74, 6) is 0. The van der Waals surface area contributed by atoms with Crippen LogP contribution in [0.25, 0.3) is 0 Å². The summed E-state index contributed by atoms with van der Waals surface area (Å²) in [7, 11) is -6.94. The van der Waals surface area contributed by atoms with Crippen LogP contribution in [-0.2, 0) is 14.6 Å². The predicted molar refractivity (Wildman–Crippen MR) is 86.5 cm³/mol. The maximum Gasteiger partial charge on any atom is 0.214 e.